The lowest BCUT2D eigenvalue weighted by Crippen LogP contribution is -2.35. The molecule has 14 heavy (non-hydrogen) atoms. The first-order valence-electron chi connectivity index (χ1n) is 4.89. The molecule has 0 heterocycles. The van der Waals surface area contributed by atoms with Gasteiger partial charge < -0.3 is 5.11 Å². The van der Waals surface area contributed by atoms with E-state index in [1.54, 1.807) is 0 Å². The second kappa shape index (κ2) is 6.37. The van der Waals surface area contributed by atoms with Gasteiger partial charge in [-0.05, 0) is 26.8 Å². The Morgan fingerprint density at radius 1 is 1.29 bits per heavy atom. The third-order valence-electron chi connectivity index (χ3n) is 2.08. The Hall–Kier alpha value is -0.130. The number of aliphatic hydroxyl groups is 1. The van der Waals surface area contributed by atoms with Crippen LogP contribution in [0.2, 0.25) is 0 Å². The van der Waals surface area contributed by atoms with Crippen molar-refractivity contribution in [1.82, 2.24) is 4.90 Å². The first kappa shape index (κ1) is 13.9. The van der Waals surface area contributed by atoms with E-state index < -0.39 is 9.84 Å². The quantitative estimate of drug-likeness (QED) is 0.666. The topological polar surface area (TPSA) is 57.6 Å². The monoisotopic (exact) mass is 223 g/mol. The summed E-state index contributed by atoms with van der Waals surface area (Å²) in [4.78, 5) is 2.07. The van der Waals surface area contributed by atoms with Gasteiger partial charge in [0.1, 0.15) is 9.84 Å². The minimum absolute atomic E-state index is 0.122. The number of sulfone groups is 1. The van der Waals surface area contributed by atoms with E-state index in [-0.39, 0.29) is 12.4 Å². The van der Waals surface area contributed by atoms with Crippen molar-refractivity contribution in [2.75, 3.05) is 31.7 Å². The molecule has 0 bridgehead atoms. The summed E-state index contributed by atoms with van der Waals surface area (Å²) < 4.78 is 21.7. The third kappa shape index (κ3) is 7.29. The van der Waals surface area contributed by atoms with E-state index in [9.17, 15) is 8.42 Å². The van der Waals surface area contributed by atoms with Crippen molar-refractivity contribution in [3.63, 3.8) is 0 Å². The summed E-state index contributed by atoms with van der Waals surface area (Å²) in [6.07, 6.45) is 1.88. The van der Waals surface area contributed by atoms with E-state index >= 15 is 0 Å². The van der Waals surface area contributed by atoms with E-state index in [2.05, 4.69) is 4.90 Å². The van der Waals surface area contributed by atoms with Gasteiger partial charge in [0, 0.05) is 18.8 Å². The van der Waals surface area contributed by atoms with E-state index in [1.807, 2.05) is 13.8 Å². The van der Waals surface area contributed by atoms with Gasteiger partial charge in [-0.15, -0.1) is 0 Å². The molecule has 0 spiro atoms. The van der Waals surface area contributed by atoms with Crippen molar-refractivity contribution in [3.8, 4) is 0 Å². The fourth-order valence-electron chi connectivity index (χ4n) is 1.29. The van der Waals surface area contributed by atoms with Crippen LogP contribution in [0.5, 0.6) is 0 Å². The number of hydrogen-bond acceptors (Lipinski definition) is 4. The molecule has 0 aromatic rings. The van der Waals surface area contributed by atoms with E-state index in [0.29, 0.717) is 19.0 Å². The number of aliphatic hydroxyl groups excluding tert-OH is 1. The number of hydrogen-bond donors (Lipinski definition) is 1. The second-order valence-electron chi connectivity index (χ2n) is 3.84. The minimum Gasteiger partial charge on any atom is -0.395 e. The Kier molecular flexibility index (Phi) is 6.31. The molecule has 0 aromatic carbocycles. The molecule has 5 heteroatoms. The zero-order valence-electron chi connectivity index (χ0n) is 9.23. The van der Waals surface area contributed by atoms with E-state index in [0.717, 1.165) is 6.54 Å². The van der Waals surface area contributed by atoms with Gasteiger partial charge in [-0.25, -0.2) is 8.42 Å². The predicted octanol–water partition coefficient (Wildman–Crippen LogP) is 0.124. The standard InChI is InChI=1S/C9H21NO3S/c1-9(2)10(6-7-11)5-4-8-14(3,12)13/h9,11H,4-8H2,1-3H3. The van der Waals surface area contributed by atoms with Gasteiger partial charge >= 0.3 is 0 Å². The largest absolute Gasteiger partial charge is 0.395 e. The maximum Gasteiger partial charge on any atom is 0.147 e. The summed E-state index contributed by atoms with van der Waals surface area (Å²) in [6.45, 7) is 5.54. The zero-order valence-corrected chi connectivity index (χ0v) is 10.0. The molecule has 0 atom stereocenters. The van der Waals surface area contributed by atoms with Gasteiger partial charge in [-0.1, -0.05) is 0 Å². The summed E-state index contributed by atoms with van der Waals surface area (Å²) in [5, 5.41) is 8.78. The van der Waals surface area contributed by atoms with Gasteiger partial charge in [0.2, 0.25) is 0 Å². The molecule has 0 unspecified atom stereocenters. The van der Waals surface area contributed by atoms with Crippen LogP contribution in [0.15, 0.2) is 0 Å². The summed E-state index contributed by atoms with van der Waals surface area (Å²) >= 11 is 0. The molecule has 1 N–H and O–H groups in total. The van der Waals surface area contributed by atoms with Crippen LogP contribution in [0.1, 0.15) is 20.3 Å². The lowest BCUT2D eigenvalue weighted by Gasteiger charge is -2.25. The predicted molar refractivity (Wildman–Crippen MR) is 58.1 cm³/mol. The Morgan fingerprint density at radius 3 is 2.21 bits per heavy atom. The van der Waals surface area contributed by atoms with Gasteiger partial charge in [0.25, 0.3) is 0 Å². The van der Waals surface area contributed by atoms with Crippen LogP contribution >= 0.6 is 0 Å². The molecule has 0 saturated heterocycles. The van der Waals surface area contributed by atoms with Crippen LogP contribution in [-0.4, -0.2) is 56.2 Å². The van der Waals surface area contributed by atoms with Crippen molar-refractivity contribution in [1.29, 1.82) is 0 Å². The average molecular weight is 223 g/mol. The lowest BCUT2D eigenvalue weighted by molar-refractivity contribution is 0.166. The van der Waals surface area contributed by atoms with Crippen molar-refractivity contribution >= 4 is 9.84 Å². The maximum atomic E-state index is 10.9. The fourth-order valence-corrected chi connectivity index (χ4v) is 1.94. The highest BCUT2D eigenvalue weighted by Gasteiger charge is 2.09. The molecule has 0 aromatic heterocycles. The molecule has 0 aliphatic carbocycles. The summed E-state index contributed by atoms with van der Waals surface area (Å²) in [5.41, 5.74) is 0. The maximum absolute atomic E-state index is 10.9. The van der Waals surface area contributed by atoms with Gasteiger partial charge in [-0.2, -0.15) is 0 Å². The Bertz CT molecular complexity index is 236. The third-order valence-corrected chi connectivity index (χ3v) is 3.11. The summed E-state index contributed by atoms with van der Waals surface area (Å²) in [7, 11) is -2.85. The van der Waals surface area contributed by atoms with Crippen molar-refractivity contribution in [2.45, 2.75) is 26.3 Å². The molecule has 0 saturated carbocycles. The number of rotatable bonds is 7. The molecular weight excluding hydrogens is 202 g/mol. The smallest absolute Gasteiger partial charge is 0.147 e. The van der Waals surface area contributed by atoms with E-state index in [1.165, 1.54) is 6.26 Å². The van der Waals surface area contributed by atoms with E-state index in [4.69, 9.17) is 5.11 Å². The molecule has 0 fully saturated rings. The normalized spacial score (nSPS) is 12.7. The first-order valence-corrected chi connectivity index (χ1v) is 6.95. The highest BCUT2D eigenvalue weighted by molar-refractivity contribution is 7.90. The fraction of sp³-hybridized carbons (Fsp3) is 1.00. The minimum atomic E-state index is -2.85. The number of nitrogens with zero attached hydrogens (tertiary/aromatic N) is 1. The lowest BCUT2D eigenvalue weighted by atomic mass is 10.3. The average Bonchev–Trinajstić information content (AvgIpc) is 2.00. The molecule has 0 aliphatic heterocycles. The summed E-state index contributed by atoms with van der Waals surface area (Å²) in [5.74, 6) is 0.224. The highest BCUT2D eigenvalue weighted by Crippen LogP contribution is 2.00. The molecular formula is C9H21NO3S. The van der Waals surface area contributed by atoms with Gasteiger partial charge in [0.15, 0.2) is 0 Å². The van der Waals surface area contributed by atoms with Crippen LogP contribution in [0, 0.1) is 0 Å². The van der Waals surface area contributed by atoms with Crippen LogP contribution in [0.25, 0.3) is 0 Å². The van der Waals surface area contributed by atoms with Crippen molar-refractivity contribution in [2.24, 2.45) is 0 Å². The van der Waals surface area contributed by atoms with Crippen molar-refractivity contribution < 1.29 is 13.5 Å². The Balaban J connectivity index is 3.83. The SMILES string of the molecule is CC(C)N(CCO)CCCS(C)(=O)=O. The second-order valence-corrected chi connectivity index (χ2v) is 6.10. The zero-order chi connectivity index (χ0) is 11.2. The van der Waals surface area contributed by atoms with Crippen LogP contribution in [0.4, 0.5) is 0 Å². The molecule has 0 rings (SSSR count). The molecule has 86 valence electrons. The van der Waals surface area contributed by atoms with Gasteiger partial charge in [-0.3, -0.25) is 4.90 Å². The van der Waals surface area contributed by atoms with Crippen molar-refractivity contribution in [3.05, 3.63) is 0 Å². The van der Waals surface area contributed by atoms with Crippen LogP contribution in [-0.2, 0) is 9.84 Å². The Labute approximate surface area is 86.8 Å². The molecule has 0 radical (unpaired) electrons. The molecule has 0 aliphatic rings. The first-order chi connectivity index (χ1) is 6.37. The molecule has 0 amide bonds. The molecule has 4 nitrogen and oxygen atoms in total. The van der Waals surface area contributed by atoms with Crippen LogP contribution in [0.3, 0.4) is 0 Å². The summed E-state index contributed by atoms with van der Waals surface area (Å²) in [6, 6.07) is 0.349. The highest BCUT2D eigenvalue weighted by atomic mass is 32.2. The van der Waals surface area contributed by atoms with Crippen LogP contribution < -0.4 is 0 Å². The van der Waals surface area contributed by atoms with Gasteiger partial charge in [0.05, 0.1) is 12.4 Å². The Morgan fingerprint density at radius 2 is 1.86 bits per heavy atom.